The van der Waals surface area contributed by atoms with Crippen molar-refractivity contribution in [1.29, 1.82) is 5.26 Å². The van der Waals surface area contributed by atoms with E-state index in [2.05, 4.69) is 138 Å². The van der Waals surface area contributed by atoms with Crippen molar-refractivity contribution < 1.29 is 4.74 Å². The summed E-state index contributed by atoms with van der Waals surface area (Å²) in [6, 6.07) is 57.2. The van der Waals surface area contributed by atoms with Crippen molar-refractivity contribution in [3.8, 4) is 67.8 Å². The summed E-state index contributed by atoms with van der Waals surface area (Å²) in [5.41, 5.74) is 12.6. The summed E-state index contributed by atoms with van der Waals surface area (Å²) >= 11 is 0. The smallest absolute Gasteiger partial charge is 0.152 e. The van der Waals surface area contributed by atoms with E-state index >= 15 is 0 Å². The van der Waals surface area contributed by atoms with Crippen LogP contribution in [0.4, 0.5) is 0 Å². The van der Waals surface area contributed by atoms with Crippen LogP contribution in [0.2, 0.25) is 0 Å². The van der Waals surface area contributed by atoms with E-state index in [0.717, 1.165) is 67.0 Å². The minimum atomic E-state index is 0.635. The molecule has 0 atom stereocenters. The predicted octanol–water partition coefficient (Wildman–Crippen LogP) is 11.4. The average molecular weight is 587 g/mol. The van der Waals surface area contributed by atoms with Gasteiger partial charge in [-0.3, -0.25) is 0 Å². The quantitative estimate of drug-likeness (QED) is 0.206. The van der Waals surface area contributed by atoms with Gasteiger partial charge in [0, 0.05) is 10.8 Å². The molecule has 214 valence electrons. The molecule has 0 fully saturated rings. The van der Waals surface area contributed by atoms with Gasteiger partial charge in [0.2, 0.25) is 0 Å². The Kier molecular flexibility index (Phi) is 5.88. The minimum absolute atomic E-state index is 0.635. The maximum Gasteiger partial charge on any atom is 0.152 e. The summed E-state index contributed by atoms with van der Waals surface area (Å²) in [7, 11) is 0. The number of rotatable bonds is 4. The molecule has 0 radical (unpaired) electrons. The molecule has 0 spiro atoms. The maximum absolute atomic E-state index is 9.96. The Hall–Kier alpha value is -6.37. The maximum atomic E-state index is 9.96. The monoisotopic (exact) mass is 586 g/mol. The zero-order valence-electron chi connectivity index (χ0n) is 24.8. The lowest BCUT2D eigenvalue weighted by Gasteiger charge is -2.21. The van der Waals surface area contributed by atoms with Gasteiger partial charge >= 0.3 is 0 Å². The van der Waals surface area contributed by atoms with E-state index in [1.807, 2.05) is 30.3 Å². The van der Waals surface area contributed by atoms with Crippen LogP contribution in [0.15, 0.2) is 158 Å². The van der Waals surface area contributed by atoms with Gasteiger partial charge in [-0.15, -0.1) is 0 Å². The van der Waals surface area contributed by atoms with Gasteiger partial charge in [0.15, 0.2) is 11.5 Å². The third kappa shape index (κ3) is 4.20. The fraction of sp³-hybridized carbons (Fsp3) is 0. The first-order valence-electron chi connectivity index (χ1n) is 15.4. The average Bonchev–Trinajstić information content (AvgIpc) is 3.47. The van der Waals surface area contributed by atoms with Crippen LogP contribution in [0.3, 0.4) is 0 Å². The van der Waals surface area contributed by atoms with Gasteiger partial charge in [-0.05, 0) is 99.1 Å². The summed E-state index contributed by atoms with van der Waals surface area (Å²) in [6.45, 7) is 0. The van der Waals surface area contributed by atoms with Gasteiger partial charge in [0.1, 0.15) is 0 Å². The molecule has 8 aromatic rings. The van der Waals surface area contributed by atoms with E-state index in [1.54, 1.807) is 0 Å². The topological polar surface area (TPSA) is 38.0 Å². The van der Waals surface area contributed by atoms with Crippen LogP contribution in [0.5, 0.6) is 11.5 Å². The lowest BCUT2D eigenvalue weighted by atomic mass is 9.93. The van der Waals surface area contributed by atoms with Crippen LogP contribution in [0.1, 0.15) is 5.56 Å². The minimum Gasteiger partial charge on any atom is -0.453 e. The number of hydrogen-bond acceptors (Lipinski definition) is 2. The largest absolute Gasteiger partial charge is 0.453 e. The van der Waals surface area contributed by atoms with Crippen LogP contribution in [0.25, 0.3) is 72.0 Å². The number of ether oxygens (including phenoxy) is 1. The van der Waals surface area contributed by atoms with Crippen molar-refractivity contribution in [2.75, 3.05) is 0 Å². The van der Waals surface area contributed by atoms with Gasteiger partial charge < -0.3 is 9.30 Å². The highest BCUT2D eigenvalue weighted by molar-refractivity contribution is 6.13. The highest BCUT2D eigenvalue weighted by Crippen LogP contribution is 2.47. The Balaban J connectivity index is 1.15. The van der Waals surface area contributed by atoms with Gasteiger partial charge in [-0.25, -0.2) is 0 Å². The number of hydrogen-bond donors (Lipinski definition) is 0. The van der Waals surface area contributed by atoms with E-state index < -0.39 is 0 Å². The first-order chi connectivity index (χ1) is 22.7. The summed E-state index contributed by atoms with van der Waals surface area (Å²) in [5, 5.41) is 12.3. The van der Waals surface area contributed by atoms with Gasteiger partial charge in [-0.2, -0.15) is 5.26 Å². The molecule has 0 aliphatic carbocycles. The molecule has 0 amide bonds. The van der Waals surface area contributed by atoms with Crippen molar-refractivity contribution >= 4 is 21.8 Å². The second-order valence-electron chi connectivity index (χ2n) is 11.7. The van der Waals surface area contributed by atoms with Crippen molar-refractivity contribution in [2.45, 2.75) is 0 Å². The molecule has 0 saturated heterocycles. The molecule has 1 aromatic heterocycles. The first-order valence-corrected chi connectivity index (χ1v) is 15.4. The van der Waals surface area contributed by atoms with E-state index in [-0.39, 0.29) is 0 Å². The van der Waals surface area contributed by atoms with Crippen LogP contribution >= 0.6 is 0 Å². The Morgan fingerprint density at radius 2 is 1.02 bits per heavy atom. The fourth-order valence-electron chi connectivity index (χ4n) is 6.79. The number of nitrogens with zero attached hydrogens (tertiary/aromatic N) is 2. The molecule has 1 aliphatic heterocycles. The van der Waals surface area contributed by atoms with E-state index in [9.17, 15) is 5.26 Å². The first kappa shape index (κ1) is 26.1. The summed E-state index contributed by atoms with van der Waals surface area (Å²) < 4.78 is 8.85. The van der Waals surface area contributed by atoms with Crippen LogP contribution in [-0.2, 0) is 0 Å². The lowest BCUT2D eigenvalue weighted by molar-refractivity contribution is 0.476. The Bertz CT molecular complexity index is 2500. The predicted molar refractivity (Wildman–Crippen MR) is 187 cm³/mol. The number of fused-ring (bicyclic) bond motifs is 5. The molecular weight excluding hydrogens is 560 g/mol. The van der Waals surface area contributed by atoms with E-state index in [0.29, 0.717) is 5.56 Å². The van der Waals surface area contributed by atoms with Gasteiger partial charge in [0.25, 0.3) is 0 Å². The van der Waals surface area contributed by atoms with Gasteiger partial charge in [0.05, 0.1) is 28.4 Å². The molecule has 2 heterocycles. The number of benzene rings is 7. The number of para-hydroxylation sites is 3. The van der Waals surface area contributed by atoms with Gasteiger partial charge in [-0.1, -0.05) is 103 Å². The third-order valence-electron chi connectivity index (χ3n) is 8.98. The molecule has 3 nitrogen and oxygen atoms in total. The van der Waals surface area contributed by atoms with E-state index in [1.165, 1.54) is 16.5 Å². The Morgan fingerprint density at radius 3 is 1.80 bits per heavy atom. The van der Waals surface area contributed by atoms with Crippen molar-refractivity contribution in [2.24, 2.45) is 0 Å². The summed E-state index contributed by atoms with van der Waals surface area (Å²) in [5.74, 6) is 1.70. The highest BCUT2D eigenvalue weighted by atomic mass is 16.5. The van der Waals surface area contributed by atoms with Crippen molar-refractivity contribution in [3.05, 3.63) is 163 Å². The Morgan fingerprint density at radius 1 is 0.435 bits per heavy atom. The molecule has 0 N–H and O–H groups in total. The standard InChI is InChI=1S/C43H26N2O/c44-27-28-21-34(31-19-17-30(18-20-31)29-9-2-1-3-10-29)24-35(22-28)32-11-8-12-33(23-32)36-25-38-37-13-4-5-14-39(37)45-40-15-6-7-16-41(40)46-42(26-36)43(38)45/h1-26H. The third-order valence-corrected chi connectivity index (χ3v) is 8.98. The molecule has 0 unspecified atom stereocenters. The second kappa shape index (κ2) is 10.4. The number of aromatic nitrogens is 1. The molecule has 0 bridgehead atoms. The zero-order chi connectivity index (χ0) is 30.6. The zero-order valence-corrected chi connectivity index (χ0v) is 24.8. The second-order valence-corrected chi connectivity index (χ2v) is 11.7. The van der Waals surface area contributed by atoms with Crippen molar-refractivity contribution in [1.82, 2.24) is 4.57 Å². The van der Waals surface area contributed by atoms with Crippen LogP contribution in [0, 0.1) is 11.3 Å². The van der Waals surface area contributed by atoms with Crippen LogP contribution < -0.4 is 4.74 Å². The summed E-state index contributed by atoms with van der Waals surface area (Å²) in [4.78, 5) is 0. The highest BCUT2D eigenvalue weighted by Gasteiger charge is 2.24. The Labute approximate surface area is 266 Å². The van der Waals surface area contributed by atoms with Crippen LogP contribution in [-0.4, -0.2) is 4.57 Å². The molecule has 9 rings (SSSR count). The number of nitriles is 1. The summed E-state index contributed by atoms with van der Waals surface area (Å²) in [6.07, 6.45) is 0. The normalized spacial score (nSPS) is 11.6. The molecule has 46 heavy (non-hydrogen) atoms. The SMILES string of the molecule is N#Cc1cc(-c2ccc(-c3ccccc3)cc2)cc(-c2cccc(-c3cc4c5c(c3)c3ccccc3n5-c3ccccc3O4)c2)c1. The lowest BCUT2D eigenvalue weighted by Crippen LogP contribution is -2.03. The fourth-order valence-corrected chi connectivity index (χ4v) is 6.79. The molecule has 3 heteroatoms. The van der Waals surface area contributed by atoms with E-state index in [4.69, 9.17) is 4.74 Å². The molecule has 1 aliphatic rings. The molecular formula is C43H26N2O. The van der Waals surface area contributed by atoms with Crippen molar-refractivity contribution in [3.63, 3.8) is 0 Å². The molecule has 0 saturated carbocycles. The molecule has 7 aromatic carbocycles.